The predicted molar refractivity (Wildman–Crippen MR) is 72.2 cm³/mol. The topological polar surface area (TPSA) is 168 Å². The third kappa shape index (κ3) is 38.3. The maximum Gasteiger partial charge on any atom is 0.394 e. The average molecular weight is 297 g/mol. The maximum absolute atomic E-state index is 10.4. The van der Waals surface area contributed by atoms with Gasteiger partial charge in [0.2, 0.25) is 5.91 Å². The molecule has 0 saturated heterocycles. The Morgan fingerprint density at radius 3 is 1.53 bits per heavy atom. The SMILES string of the molecule is N=C(N)CCCCCCCCC(N)=O.O=S(=O)(O)O. The van der Waals surface area contributed by atoms with Crippen LogP contribution in [0.15, 0.2) is 0 Å². The molecular weight excluding hydrogens is 274 g/mol. The lowest BCUT2D eigenvalue weighted by molar-refractivity contribution is -0.118. The van der Waals surface area contributed by atoms with Crippen LogP contribution in [0.2, 0.25) is 0 Å². The number of carbonyl (C=O) groups is 1. The lowest BCUT2D eigenvalue weighted by Crippen LogP contribution is -2.09. The van der Waals surface area contributed by atoms with E-state index >= 15 is 0 Å². The van der Waals surface area contributed by atoms with E-state index in [0.717, 1.165) is 38.5 Å². The molecule has 0 unspecified atom stereocenters. The molecule has 0 bridgehead atoms. The molecule has 8 nitrogen and oxygen atoms in total. The Kier molecular flexibility index (Phi) is 12.6. The average Bonchev–Trinajstić information content (AvgIpc) is 2.18. The highest BCUT2D eigenvalue weighted by Crippen LogP contribution is 2.07. The standard InChI is InChI=1S/C10H21N3O.H2O4S/c11-9(12)7-5-3-1-2-4-6-8-10(13)14;1-5(2,3)4/h1-8H2,(H3,11,12)(H2,13,14);(H2,1,2,3,4). The van der Waals surface area contributed by atoms with Crippen LogP contribution in [-0.4, -0.2) is 29.3 Å². The van der Waals surface area contributed by atoms with E-state index in [2.05, 4.69) is 0 Å². The zero-order valence-electron chi connectivity index (χ0n) is 10.8. The number of unbranched alkanes of at least 4 members (excludes halogenated alkanes) is 5. The predicted octanol–water partition coefficient (Wildman–Crippen LogP) is 0.876. The van der Waals surface area contributed by atoms with Gasteiger partial charge in [0, 0.05) is 12.8 Å². The molecule has 19 heavy (non-hydrogen) atoms. The van der Waals surface area contributed by atoms with Gasteiger partial charge in [-0.15, -0.1) is 0 Å². The Bertz CT molecular complexity index is 328. The number of amides is 1. The quantitative estimate of drug-likeness (QED) is 0.183. The molecule has 1 amide bonds. The zero-order valence-corrected chi connectivity index (χ0v) is 11.7. The van der Waals surface area contributed by atoms with Gasteiger partial charge in [0.15, 0.2) is 0 Å². The Balaban J connectivity index is 0. The number of nitrogens with one attached hydrogen (secondary N) is 1. The van der Waals surface area contributed by atoms with Crippen LogP contribution in [0.25, 0.3) is 0 Å². The molecule has 0 saturated carbocycles. The van der Waals surface area contributed by atoms with Crippen molar-refractivity contribution >= 4 is 22.1 Å². The number of amidine groups is 1. The number of carbonyl (C=O) groups excluding carboxylic acids is 1. The third-order valence-electron chi connectivity index (χ3n) is 2.12. The fourth-order valence-corrected chi connectivity index (χ4v) is 1.32. The van der Waals surface area contributed by atoms with Gasteiger partial charge in [-0.05, 0) is 12.8 Å². The molecular formula is C10H23N3O5S. The van der Waals surface area contributed by atoms with Gasteiger partial charge in [0.05, 0.1) is 5.84 Å². The van der Waals surface area contributed by atoms with Crippen molar-refractivity contribution in [3.63, 3.8) is 0 Å². The van der Waals surface area contributed by atoms with Crippen molar-refractivity contribution in [2.75, 3.05) is 0 Å². The lowest BCUT2D eigenvalue weighted by atomic mass is 10.1. The van der Waals surface area contributed by atoms with E-state index in [1.165, 1.54) is 0 Å². The summed E-state index contributed by atoms with van der Waals surface area (Å²) in [6, 6.07) is 0. The molecule has 9 heteroatoms. The molecule has 114 valence electrons. The van der Waals surface area contributed by atoms with Crippen LogP contribution >= 0.6 is 0 Å². The van der Waals surface area contributed by atoms with E-state index in [9.17, 15) is 4.79 Å². The Morgan fingerprint density at radius 2 is 1.21 bits per heavy atom. The summed E-state index contributed by atoms with van der Waals surface area (Å²) in [6.45, 7) is 0. The molecule has 0 aliphatic carbocycles. The van der Waals surface area contributed by atoms with Crippen LogP contribution < -0.4 is 11.5 Å². The molecule has 7 N–H and O–H groups in total. The van der Waals surface area contributed by atoms with Crippen molar-refractivity contribution in [3.8, 4) is 0 Å². The summed E-state index contributed by atoms with van der Waals surface area (Å²) in [4.78, 5) is 10.4. The van der Waals surface area contributed by atoms with Crippen LogP contribution in [0.4, 0.5) is 0 Å². The van der Waals surface area contributed by atoms with Crippen LogP contribution in [-0.2, 0) is 15.2 Å². The van der Waals surface area contributed by atoms with E-state index in [-0.39, 0.29) is 11.7 Å². The van der Waals surface area contributed by atoms with E-state index in [4.69, 9.17) is 34.4 Å². The van der Waals surface area contributed by atoms with Crippen molar-refractivity contribution in [2.45, 2.75) is 51.4 Å². The maximum atomic E-state index is 10.4. The van der Waals surface area contributed by atoms with Crippen molar-refractivity contribution in [1.29, 1.82) is 5.41 Å². The molecule has 0 aliphatic rings. The molecule has 0 spiro atoms. The minimum Gasteiger partial charge on any atom is -0.388 e. The van der Waals surface area contributed by atoms with Crippen LogP contribution in [0.5, 0.6) is 0 Å². The Morgan fingerprint density at radius 1 is 0.895 bits per heavy atom. The molecule has 0 aromatic rings. The molecule has 0 radical (unpaired) electrons. The number of hydrogen-bond acceptors (Lipinski definition) is 4. The van der Waals surface area contributed by atoms with Crippen LogP contribution in [0.1, 0.15) is 51.4 Å². The molecule has 0 aromatic carbocycles. The van der Waals surface area contributed by atoms with Gasteiger partial charge in [-0.25, -0.2) is 0 Å². The summed E-state index contributed by atoms with van der Waals surface area (Å²) in [5.74, 6) is 0.0697. The fourth-order valence-electron chi connectivity index (χ4n) is 1.32. The molecule has 0 aromatic heterocycles. The summed E-state index contributed by atoms with van der Waals surface area (Å²) >= 11 is 0. The third-order valence-corrected chi connectivity index (χ3v) is 2.12. The number of rotatable bonds is 9. The summed E-state index contributed by atoms with van der Waals surface area (Å²) in [7, 11) is -4.67. The zero-order chi connectivity index (χ0) is 15.3. The molecule has 0 fully saturated rings. The first kappa shape index (κ1) is 20.1. The Labute approximate surface area is 113 Å². The van der Waals surface area contributed by atoms with Crippen molar-refractivity contribution < 1.29 is 22.3 Å². The lowest BCUT2D eigenvalue weighted by Gasteiger charge is -2.00. The molecule has 0 heterocycles. The van der Waals surface area contributed by atoms with Crippen molar-refractivity contribution in [1.82, 2.24) is 0 Å². The largest absolute Gasteiger partial charge is 0.394 e. The smallest absolute Gasteiger partial charge is 0.388 e. The molecule has 0 atom stereocenters. The van der Waals surface area contributed by atoms with Gasteiger partial charge < -0.3 is 11.5 Å². The van der Waals surface area contributed by atoms with Crippen molar-refractivity contribution in [2.24, 2.45) is 11.5 Å². The van der Waals surface area contributed by atoms with E-state index in [1.54, 1.807) is 0 Å². The van der Waals surface area contributed by atoms with Gasteiger partial charge in [-0.1, -0.05) is 25.7 Å². The highest BCUT2D eigenvalue weighted by atomic mass is 32.3. The molecule has 0 rings (SSSR count). The highest BCUT2D eigenvalue weighted by molar-refractivity contribution is 7.79. The summed E-state index contributed by atoms with van der Waals surface area (Å²) in [5, 5.41) is 7.01. The number of hydrogen-bond donors (Lipinski definition) is 5. The number of primary amides is 1. The summed E-state index contributed by atoms with van der Waals surface area (Å²) < 4.78 is 31.6. The minimum absolute atomic E-state index is 0.207. The first-order chi connectivity index (χ1) is 8.63. The first-order valence-electron chi connectivity index (χ1n) is 5.94. The van der Waals surface area contributed by atoms with E-state index in [1.807, 2.05) is 0 Å². The second kappa shape index (κ2) is 11.9. The van der Waals surface area contributed by atoms with Crippen molar-refractivity contribution in [3.05, 3.63) is 0 Å². The van der Waals surface area contributed by atoms with E-state index in [0.29, 0.717) is 12.8 Å². The highest BCUT2D eigenvalue weighted by Gasteiger charge is 1.95. The second-order valence-corrected chi connectivity index (χ2v) is 4.96. The summed E-state index contributed by atoms with van der Waals surface area (Å²) in [6.07, 6.45) is 7.62. The van der Waals surface area contributed by atoms with Crippen LogP contribution in [0, 0.1) is 5.41 Å². The normalized spacial score (nSPS) is 10.4. The van der Waals surface area contributed by atoms with E-state index < -0.39 is 10.4 Å². The fraction of sp³-hybridized carbons (Fsp3) is 0.800. The van der Waals surface area contributed by atoms with Gasteiger partial charge in [-0.3, -0.25) is 19.3 Å². The minimum atomic E-state index is -4.67. The van der Waals surface area contributed by atoms with Crippen LogP contribution in [0.3, 0.4) is 0 Å². The second-order valence-electron chi connectivity index (χ2n) is 4.06. The monoisotopic (exact) mass is 297 g/mol. The van der Waals surface area contributed by atoms with Gasteiger partial charge in [0.1, 0.15) is 0 Å². The number of nitrogens with two attached hydrogens (primary N) is 2. The molecule has 0 aliphatic heterocycles. The van der Waals surface area contributed by atoms with Gasteiger partial charge in [0.25, 0.3) is 0 Å². The van der Waals surface area contributed by atoms with Gasteiger partial charge >= 0.3 is 10.4 Å². The Hall–Kier alpha value is -1.19. The summed E-state index contributed by atoms with van der Waals surface area (Å²) in [5.41, 5.74) is 10.2. The first-order valence-corrected chi connectivity index (χ1v) is 7.33. The van der Waals surface area contributed by atoms with Gasteiger partial charge in [-0.2, -0.15) is 8.42 Å².